The van der Waals surface area contributed by atoms with Crippen LogP contribution in [-0.4, -0.2) is 19.9 Å². The zero-order chi connectivity index (χ0) is 28.6. The van der Waals surface area contributed by atoms with E-state index < -0.39 is 0 Å². The Labute approximate surface area is 259 Å². The van der Waals surface area contributed by atoms with E-state index in [0.29, 0.717) is 0 Å². The smallest absolute Gasteiger partial charge is 0.0725 e. The first-order valence-electron chi connectivity index (χ1n) is 15.7. The quantitative estimate of drug-likeness (QED) is 0.188. The molecule has 0 saturated carbocycles. The van der Waals surface area contributed by atoms with Crippen LogP contribution in [0.25, 0.3) is 45.4 Å². The average molecular weight is 641 g/mol. The number of fused-ring (bicyclic) bond motifs is 8. The molecule has 0 aliphatic carbocycles. The molecule has 0 radical (unpaired) electrons. The topological polar surface area (TPSA) is 57.4 Å². The zero-order valence-corrected chi connectivity index (χ0v) is 27.7. The van der Waals surface area contributed by atoms with E-state index in [1.807, 2.05) is 0 Å². The molecule has 0 unspecified atom stereocenters. The van der Waals surface area contributed by atoms with Crippen LogP contribution in [0.15, 0.2) is 12.1 Å². The molecule has 3 aromatic heterocycles. The molecule has 41 heavy (non-hydrogen) atoms. The van der Waals surface area contributed by atoms with Crippen molar-refractivity contribution in [2.45, 2.75) is 107 Å². The largest absolute Gasteiger partial charge is 0.355 e. The summed E-state index contributed by atoms with van der Waals surface area (Å²) in [6.45, 7) is 18.3. The summed E-state index contributed by atoms with van der Waals surface area (Å²) in [4.78, 5) is 18.4. The van der Waals surface area contributed by atoms with Crippen LogP contribution in [0.1, 0.15) is 124 Å². The zero-order valence-electron chi connectivity index (χ0n) is 26.2. The Kier molecular flexibility index (Phi) is 9.94. The predicted octanol–water partition coefficient (Wildman–Crippen LogP) is 9.59. The number of rotatable bonds is 8. The minimum absolute atomic E-state index is 0. The molecule has 0 amide bonds. The molecule has 5 rings (SSSR count). The van der Waals surface area contributed by atoms with Crippen molar-refractivity contribution in [1.29, 1.82) is 0 Å². The summed E-state index contributed by atoms with van der Waals surface area (Å²) in [7, 11) is 0. The van der Waals surface area contributed by atoms with Crippen molar-refractivity contribution in [3.05, 3.63) is 68.3 Å². The second-order valence-corrected chi connectivity index (χ2v) is 10.9. The summed E-state index contributed by atoms with van der Waals surface area (Å²) >= 11 is 0. The van der Waals surface area contributed by atoms with Gasteiger partial charge in [-0.15, -0.1) is 0 Å². The Hall–Kier alpha value is -2.74. The summed E-state index contributed by atoms with van der Waals surface area (Å²) in [6.07, 6.45) is 12.1. The molecule has 0 aromatic carbocycles. The van der Waals surface area contributed by atoms with E-state index in [-0.39, 0.29) is 20.4 Å². The van der Waals surface area contributed by atoms with E-state index in [4.69, 9.17) is 9.97 Å². The van der Waals surface area contributed by atoms with Gasteiger partial charge in [-0.05, 0) is 109 Å². The molecule has 5 heterocycles. The van der Waals surface area contributed by atoms with Crippen LogP contribution in [0.3, 0.4) is 0 Å². The number of aromatic nitrogens is 4. The molecule has 5 heteroatoms. The third-order valence-corrected chi connectivity index (χ3v) is 8.93. The van der Waals surface area contributed by atoms with Crippen molar-refractivity contribution in [2.75, 3.05) is 0 Å². The van der Waals surface area contributed by atoms with Gasteiger partial charge in [-0.3, -0.25) is 0 Å². The Morgan fingerprint density at radius 2 is 0.829 bits per heavy atom. The van der Waals surface area contributed by atoms with E-state index in [1.54, 1.807) is 0 Å². The molecular weight excluding hydrogens is 595 g/mol. The van der Waals surface area contributed by atoms with Crippen molar-refractivity contribution in [3.63, 3.8) is 0 Å². The van der Waals surface area contributed by atoms with Gasteiger partial charge >= 0.3 is 0 Å². The van der Waals surface area contributed by atoms with Crippen molar-refractivity contribution < 1.29 is 20.4 Å². The fourth-order valence-corrected chi connectivity index (χ4v) is 7.12. The van der Waals surface area contributed by atoms with Gasteiger partial charge in [0.15, 0.2) is 0 Å². The van der Waals surface area contributed by atoms with Crippen molar-refractivity contribution in [3.8, 4) is 0 Å². The summed E-state index contributed by atoms with van der Waals surface area (Å²) < 4.78 is 0. The summed E-state index contributed by atoms with van der Waals surface area (Å²) in [5.74, 6) is 0. The molecular formula is C36H46N4Pd. The number of allylic oxidation sites excluding steroid dienone is 2. The Balaban J connectivity index is 0.00000387. The molecule has 0 fully saturated rings. The second kappa shape index (κ2) is 13.1. The second-order valence-electron chi connectivity index (χ2n) is 10.9. The summed E-state index contributed by atoms with van der Waals surface area (Å²) in [5, 5.41) is 0. The maximum absolute atomic E-state index is 5.58. The molecule has 220 valence electrons. The van der Waals surface area contributed by atoms with Gasteiger partial charge < -0.3 is 9.97 Å². The van der Waals surface area contributed by atoms with Gasteiger partial charge in [-0.2, -0.15) is 0 Å². The van der Waals surface area contributed by atoms with Crippen molar-refractivity contribution in [2.24, 2.45) is 0 Å². The fourth-order valence-electron chi connectivity index (χ4n) is 7.12. The van der Waals surface area contributed by atoms with Crippen LogP contribution in [0, 0.1) is 0 Å². The number of hydrogen-bond donors (Lipinski definition) is 2. The fraction of sp³-hybridized carbons (Fsp3) is 0.444. The summed E-state index contributed by atoms with van der Waals surface area (Å²) in [5.41, 5.74) is 20.4. The van der Waals surface area contributed by atoms with Crippen molar-refractivity contribution in [1.82, 2.24) is 19.9 Å². The first-order chi connectivity index (χ1) is 19.5. The number of hydrogen-bond acceptors (Lipinski definition) is 2. The van der Waals surface area contributed by atoms with Crippen LogP contribution in [0.4, 0.5) is 0 Å². The van der Waals surface area contributed by atoms with Crippen LogP contribution in [0.2, 0.25) is 0 Å². The van der Waals surface area contributed by atoms with E-state index in [0.717, 1.165) is 62.8 Å². The number of nitrogens with one attached hydrogen (secondary N) is 2. The Morgan fingerprint density at radius 3 is 1.15 bits per heavy atom. The maximum Gasteiger partial charge on any atom is 0.0725 e. The summed E-state index contributed by atoms with van der Waals surface area (Å²) in [6, 6.07) is 4.47. The van der Waals surface area contributed by atoms with Gasteiger partial charge in [0.05, 0.1) is 22.8 Å². The Morgan fingerprint density at radius 1 is 0.463 bits per heavy atom. The van der Waals surface area contributed by atoms with Gasteiger partial charge in [0.2, 0.25) is 0 Å². The Bertz CT molecular complexity index is 1560. The number of nitrogens with zero attached hydrogens (tertiary/aromatic N) is 2. The molecule has 4 nitrogen and oxygen atoms in total. The minimum Gasteiger partial charge on any atom is -0.355 e. The SMILES string of the molecule is CCC1=C(CC)c2nc1c(CC)c1[nH]c(cc3nc(cc4[nH]c(c2CC)c(CC)c4CC)C=C3)c(CC)c1CC.[Pd]. The molecule has 2 aliphatic rings. The molecule has 0 spiro atoms. The normalized spacial score (nSPS) is 12.8. The third kappa shape index (κ3) is 5.21. The molecule has 2 N–H and O–H groups in total. The van der Waals surface area contributed by atoms with E-state index in [2.05, 4.69) is 89.6 Å². The molecule has 0 atom stereocenters. The molecule has 0 saturated heterocycles. The van der Waals surface area contributed by atoms with Crippen LogP contribution < -0.4 is 0 Å². The first kappa shape index (κ1) is 31.2. The monoisotopic (exact) mass is 640 g/mol. The van der Waals surface area contributed by atoms with Gasteiger partial charge in [0, 0.05) is 53.6 Å². The minimum atomic E-state index is 0. The average Bonchev–Trinajstić information content (AvgIpc) is 3.73. The van der Waals surface area contributed by atoms with E-state index in [9.17, 15) is 0 Å². The van der Waals surface area contributed by atoms with Crippen LogP contribution in [0.5, 0.6) is 0 Å². The van der Waals surface area contributed by atoms with Gasteiger partial charge in [-0.1, -0.05) is 55.4 Å². The van der Waals surface area contributed by atoms with E-state index >= 15 is 0 Å². The molecule has 3 aromatic rings. The standard InChI is InChI=1S/C36H46N4.Pd/c1-9-23-25(11-3)33-29(15-7)35-27(13-5)28(14-6)36(40-35)30(16-8)34-26(12-4)24(10-2)32(39-34)20-22-18-17-21(37-22)19-31(23)38-33;/h17-20,38-39H,9-16H2,1-8H3;. The number of H-pyrrole nitrogens is 2. The number of aryl methyl sites for hydroxylation is 6. The van der Waals surface area contributed by atoms with E-state index in [1.165, 1.54) is 78.0 Å². The molecule has 8 bridgehead atoms. The number of aromatic amines is 2. The maximum atomic E-state index is 5.58. The molecule has 2 aliphatic heterocycles. The first-order valence-corrected chi connectivity index (χ1v) is 15.7. The third-order valence-electron chi connectivity index (χ3n) is 8.93. The van der Waals surface area contributed by atoms with Crippen LogP contribution in [-0.2, 0) is 58.9 Å². The predicted molar refractivity (Wildman–Crippen MR) is 174 cm³/mol. The van der Waals surface area contributed by atoms with Gasteiger partial charge in [-0.25, -0.2) is 9.97 Å². The van der Waals surface area contributed by atoms with Gasteiger partial charge in [0.1, 0.15) is 0 Å². The van der Waals surface area contributed by atoms with Gasteiger partial charge in [0.25, 0.3) is 0 Å². The van der Waals surface area contributed by atoms with Crippen LogP contribution >= 0.6 is 0 Å². The van der Waals surface area contributed by atoms with Crippen molar-refractivity contribution >= 4 is 45.4 Å².